The molecule has 2 atom stereocenters. The Morgan fingerprint density at radius 3 is 2.49 bits per heavy atom. The van der Waals surface area contributed by atoms with Gasteiger partial charge in [0.1, 0.15) is 0 Å². The second kappa shape index (κ2) is 10.9. The number of methoxy groups -OCH3 is 1. The summed E-state index contributed by atoms with van der Waals surface area (Å²) in [6, 6.07) is 5.20. The Labute approximate surface area is 225 Å². The highest BCUT2D eigenvalue weighted by Crippen LogP contribution is 2.40. The minimum atomic E-state index is -1.54. The van der Waals surface area contributed by atoms with E-state index in [1.807, 2.05) is 26.0 Å². The van der Waals surface area contributed by atoms with Crippen LogP contribution in [-0.2, 0) is 4.74 Å². The van der Waals surface area contributed by atoms with Crippen molar-refractivity contribution < 1.29 is 22.7 Å². The fraction of sp³-hybridized carbons (Fsp3) is 0.414. The van der Waals surface area contributed by atoms with Crippen LogP contribution in [0.4, 0.5) is 18.9 Å². The van der Waals surface area contributed by atoms with Crippen LogP contribution in [0.25, 0.3) is 11.1 Å². The molecule has 0 bridgehead atoms. The number of anilines is 1. The Hall–Kier alpha value is -3.50. The van der Waals surface area contributed by atoms with E-state index in [4.69, 9.17) is 4.74 Å². The maximum absolute atomic E-state index is 14.3. The van der Waals surface area contributed by atoms with Crippen LogP contribution >= 0.6 is 0 Å². The van der Waals surface area contributed by atoms with Crippen LogP contribution in [0.5, 0.6) is 0 Å². The number of nitrogens with one attached hydrogen (secondary N) is 2. The first-order valence-electron chi connectivity index (χ1n) is 13.1. The van der Waals surface area contributed by atoms with Crippen LogP contribution < -0.4 is 15.5 Å². The van der Waals surface area contributed by atoms with E-state index >= 15 is 0 Å². The van der Waals surface area contributed by atoms with Crippen LogP contribution in [-0.4, -0.2) is 54.8 Å². The standard InChI is InChI=1S/C29H32F3N5O2/c1-17-9-20(10-18(2)35-17)25(15-39-3)36-28(38)22-14-33-13-21(19-11-23(30)26(32)24(31)12-19)27(22)37-8-6-29(16-37)5-4-7-34-29/h9-14,25,34H,4-8,15-16H2,1-3H3,(H,36,38)/t25-,29+/m1/s1. The van der Waals surface area contributed by atoms with E-state index in [0.717, 1.165) is 54.9 Å². The Balaban J connectivity index is 1.57. The first-order valence-corrected chi connectivity index (χ1v) is 13.1. The molecule has 0 unspecified atom stereocenters. The summed E-state index contributed by atoms with van der Waals surface area (Å²) < 4.78 is 47.8. The number of carbonyl (C=O) groups excluding carboxylic acids is 1. The van der Waals surface area contributed by atoms with Gasteiger partial charge in [0.25, 0.3) is 5.91 Å². The Bertz CT molecular complexity index is 1350. The largest absolute Gasteiger partial charge is 0.382 e. The molecule has 1 spiro atoms. The minimum Gasteiger partial charge on any atom is -0.382 e. The highest BCUT2D eigenvalue weighted by molar-refractivity contribution is 6.03. The molecule has 4 heterocycles. The molecule has 2 aliphatic heterocycles. The number of amides is 1. The molecule has 2 fully saturated rings. The smallest absolute Gasteiger partial charge is 0.255 e. The summed E-state index contributed by atoms with van der Waals surface area (Å²) in [6.07, 6.45) is 5.85. The molecule has 7 nitrogen and oxygen atoms in total. The molecule has 2 aliphatic rings. The SMILES string of the molecule is COC[C@@H](NC(=O)c1cncc(-c2cc(F)c(F)c(F)c2)c1N1CC[C@@]2(CCCN2)C1)c1cc(C)nc(C)c1. The molecule has 39 heavy (non-hydrogen) atoms. The number of halogens is 3. The second-order valence-electron chi connectivity index (χ2n) is 10.5. The van der Waals surface area contributed by atoms with Gasteiger partial charge in [-0.25, -0.2) is 13.2 Å². The maximum Gasteiger partial charge on any atom is 0.255 e. The van der Waals surface area contributed by atoms with Crippen LogP contribution in [0.2, 0.25) is 0 Å². The zero-order valence-corrected chi connectivity index (χ0v) is 22.3. The lowest BCUT2D eigenvalue weighted by Gasteiger charge is -2.29. The molecule has 3 aromatic rings. The zero-order chi connectivity index (χ0) is 27.7. The number of hydrogen-bond donors (Lipinski definition) is 2. The molecule has 5 rings (SSSR count). The summed E-state index contributed by atoms with van der Waals surface area (Å²) in [5, 5.41) is 6.65. The van der Waals surface area contributed by atoms with Crippen molar-refractivity contribution in [2.24, 2.45) is 0 Å². The monoisotopic (exact) mass is 539 g/mol. The lowest BCUT2D eigenvalue weighted by atomic mass is 9.96. The molecule has 1 aromatic carbocycles. The summed E-state index contributed by atoms with van der Waals surface area (Å²) in [5.74, 6) is -4.55. The summed E-state index contributed by atoms with van der Waals surface area (Å²) in [6.45, 7) is 6.18. The van der Waals surface area contributed by atoms with Crippen molar-refractivity contribution in [1.82, 2.24) is 20.6 Å². The van der Waals surface area contributed by atoms with Gasteiger partial charge in [-0.05, 0) is 75.0 Å². The minimum absolute atomic E-state index is 0.0851. The first kappa shape index (κ1) is 27.1. The molecular formula is C29H32F3N5O2. The molecule has 2 N–H and O–H groups in total. The van der Waals surface area contributed by atoms with Gasteiger partial charge >= 0.3 is 0 Å². The quantitative estimate of drug-likeness (QED) is 0.427. The third kappa shape index (κ3) is 5.49. The number of ether oxygens (including phenoxy) is 1. The molecule has 2 aromatic heterocycles. The number of rotatable bonds is 7. The van der Waals surface area contributed by atoms with Gasteiger partial charge in [-0.3, -0.25) is 14.8 Å². The van der Waals surface area contributed by atoms with Gasteiger partial charge in [0, 0.05) is 55.1 Å². The molecule has 10 heteroatoms. The van der Waals surface area contributed by atoms with Crippen molar-refractivity contribution in [3.63, 3.8) is 0 Å². The lowest BCUT2D eigenvalue weighted by molar-refractivity contribution is 0.0896. The summed E-state index contributed by atoms with van der Waals surface area (Å²) in [7, 11) is 1.56. The number of aromatic nitrogens is 2. The molecule has 0 radical (unpaired) electrons. The van der Waals surface area contributed by atoms with Gasteiger partial charge < -0.3 is 20.3 Å². The van der Waals surface area contributed by atoms with Crippen LogP contribution in [0, 0.1) is 31.3 Å². The van der Waals surface area contributed by atoms with E-state index in [9.17, 15) is 18.0 Å². The second-order valence-corrected chi connectivity index (χ2v) is 10.5. The molecule has 206 valence electrons. The van der Waals surface area contributed by atoms with E-state index < -0.39 is 29.4 Å². The summed E-state index contributed by atoms with van der Waals surface area (Å²) in [4.78, 5) is 24.6. The Kier molecular flexibility index (Phi) is 7.59. The molecule has 2 saturated heterocycles. The number of hydrogen-bond acceptors (Lipinski definition) is 6. The normalized spacial score (nSPS) is 19.6. The number of carbonyl (C=O) groups is 1. The van der Waals surface area contributed by atoms with Crippen molar-refractivity contribution in [3.8, 4) is 11.1 Å². The predicted octanol–water partition coefficient (Wildman–Crippen LogP) is 4.63. The van der Waals surface area contributed by atoms with Crippen molar-refractivity contribution in [2.45, 2.75) is 44.7 Å². The molecule has 0 saturated carbocycles. The van der Waals surface area contributed by atoms with Crippen molar-refractivity contribution in [3.05, 3.63) is 76.6 Å². The highest BCUT2D eigenvalue weighted by atomic mass is 19.2. The summed E-state index contributed by atoms with van der Waals surface area (Å²) in [5.41, 5.74) is 3.63. The highest BCUT2D eigenvalue weighted by Gasteiger charge is 2.41. The number of benzene rings is 1. The summed E-state index contributed by atoms with van der Waals surface area (Å²) >= 11 is 0. The number of aryl methyl sites for hydroxylation is 2. The van der Waals surface area contributed by atoms with E-state index in [0.29, 0.717) is 24.3 Å². The number of nitrogens with zero attached hydrogens (tertiary/aromatic N) is 3. The lowest BCUT2D eigenvalue weighted by Crippen LogP contribution is -2.42. The Morgan fingerprint density at radius 2 is 1.85 bits per heavy atom. The van der Waals surface area contributed by atoms with Gasteiger partial charge in [0.2, 0.25) is 0 Å². The third-order valence-electron chi connectivity index (χ3n) is 7.60. The molecule has 1 amide bonds. The topological polar surface area (TPSA) is 79.4 Å². The predicted molar refractivity (Wildman–Crippen MR) is 142 cm³/mol. The van der Waals surface area contributed by atoms with Crippen LogP contribution in [0.3, 0.4) is 0 Å². The van der Waals surface area contributed by atoms with Crippen LogP contribution in [0.1, 0.15) is 52.6 Å². The maximum atomic E-state index is 14.3. The van der Waals surface area contributed by atoms with E-state index in [1.54, 1.807) is 7.11 Å². The van der Waals surface area contributed by atoms with Gasteiger partial charge in [-0.15, -0.1) is 0 Å². The number of pyridine rings is 2. The average Bonchev–Trinajstić information content (AvgIpc) is 3.54. The van der Waals surface area contributed by atoms with Gasteiger partial charge in [-0.2, -0.15) is 0 Å². The van der Waals surface area contributed by atoms with Gasteiger partial charge in [-0.1, -0.05) is 0 Å². The van der Waals surface area contributed by atoms with E-state index in [1.165, 1.54) is 12.4 Å². The fourth-order valence-electron chi connectivity index (χ4n) is 5.86. The van der Waals surface area contributed by atoms with E-state index in [2.05, 4.69) is 25.5 Å². The molecule has 0 aliphatic carbocycles. The van der Waals surface area contributed by atoms with Crippen LogP contribution in [0.15, 0.2) is 36.7 Å². The van der Waals surface area contributed by atoms with E-state index in [-0.39, 0.29) is 23.3 Å². The Morgan fingerprint density at radius 1 is 1.13 bits per heavy atom. The van der Waals surface area contributed by atoms with Gasteiger partial charge in [0.05, 0.1) is 23.9 Å². The van der Waals surface area contributed by atoms with Crippen molar-refractivity contribution >= 4 is 11.6 Å². The zero-order valence-electron chi connectivity index (χ0n) is 22.3. The average molecular weight is 540 g/mol. The molecular weight excluding hydrogens is 507 g/mol. The van der Waals surface area contributed by atoms with Gasteiger partial charge in [0.15, 0.2) is 17.5 Å². The van der Waals surface area contributed by atoms with Crippen molar-refractivity contribution in [2.75, 3.05) is 38.3 Å². The van der Waals surface area contributed by atoms with Crippen molar-refractivity contribution in [1.29, 1.82) is 0 Å². The fourth-order valence-corrected chi connectivity index (χ4v) is 5.86. The third-order valence-corrected chi connectivity index (χ3v) is 7.60. The first-order chi connectivity index (χ1) is 18.7.